The second-order valence-electron chi connectivity index (χ2n) is 6.60. The molecule has 2 rings (SSSR count). The lowest BCUT2D eigenvalue weighted by atomic mass is 9.96. The first-order valence-electron chi connectivity index (χ1n) is 8.66. The number of carbonyl (C=O) groups is 2. The molecule has 0 bridgehead atoms. The van der Waals surface area contributed by atoms with Crippen molar-refractivity contribution in [1.29, 1.82) is 0 Å². The highest BCUT2D eigenvalue weighted by Crippen LogP contribution is 2.29. The minimum atomic E-state index is -0.793. The summed E-state index contributed by atoms with van der Waals surface area (Å²) in [4.78, 5) is 24.8. The van der Waals surface area contributed by atoms with E-state index in [1.165, 1.54) is 0 Å². The average molecular weight is 332 g/mol. The maximum absolute atomic E-state index is 12.6. The topological polar surface area (TPSA) is 96.2 Å². The predicted molar refractivity (Wildman–Crippen MR) is 94.3 cm³/mol. The smallest absolute Gasteiger partial charge is 0.315 e. The zero-order valence-electron chi connectivity index (χ0n) is 14.3. The van der Waals surface area contributed by atoms with Gasteiger partial charge in [-0.05, 0) is 31.7 Å². The first-order chi connectivity index (χ1) is 11.5. The number of rotatable bonds is 7. The highest BCUT2D eigenvalue weighted by molar-refractivity contribution is 5.91. The van der Waals surface area contributed by atoms with E-state index in [0.717, 1.165) is 24.8 Å². The lowest BCUT2D eigenvalue weighted by Gasteiger charge is -2.29. The molecular weight excluding hydrogens is 304 g/mol. The molecule has 5 N–H and O–H groups in total. The summed E-state index contributed by atoms with van der Waals surface area (Å²) in [5.74, 6) is -0.101. The SMILES string of the molecule is CC(N)CCNC(=O)C1(NC(=O)NCc2ccccc2)CCCC1. The lowest BCUT2D eigenvalue weighted by Crippen LogP contribution is -2.59. The van der Waals surface area contributed by atoms with Gasteiger partial charge in [-0.3, -0.25) is 4.79 Å². The molecule has 0 spiro atoms. The second kappa shape index (κ2) is 8.68. The highest BCUT2D eigenvalue weighted by atomic mass is 16.2. The molecule has 1 saturated carbocycles. The minimum absolute atomic E-state index is 0.0481. The van der Waals surface area contributed by atoms with Crippen LogP contribution in [0.15, 0.2) is 30.3 Å². The number of nitrogens with one attached hydrogen (secondary N) is 3. The fourth-order valence-electron chi connectivity index (χ4n) is 3.01. The summed E-state index contributed by atoms with van der Waals surface area (Å²) in [7, 11) is 0. The second-order valence-corrected chi connectivity index (χ2v) is 6.60. The first kappa shape index (κ1) is 18.3. The molecule has 1 atom stereocenters. The van der Waals surface area contributed by atoms with Gasteiger partial charge in [-0.1, -0.05) is 43.2 Å². The van der Waals surface area contributed by atoms with Crippen LogP contribution in [0.2, 0.25) is 0 Å². The van der Waals surface area contributed by atoms with Crippen molar-refractivity contribution in [2.24, 2.45) is 5.73 Å². The van der Waals surface area contributed by atoms with E-state index in [1.54, 1.807) is 0 Å². The molecule has 1 unspecified atom stereocenters. The third-order valence-electron chi connectivity index (χ3n) is 4.43. The molecule has 0 heterocycles. The van der Waals surface area contributed by atoms with Crippen molar-refractivity contribution < 1.29 is 9.59 Å². The zero-order valence-corrected chi connectivity index (χ0v) is 14.3. The van der Waals surface area contributed by atoms with Crippen LogP contribution in [-0.2, 0) is 11.3 Å². The third kappa shape index (κ3) is 5.23. The summed E-state index contributed by atoms with van der Waals surface area (Å²) in [6.45, 7) is 2.88. The van der Waals surface area contributed by atoms with Crippen LogP contribution in [0.5, 0.6) is 0 Å². The molecule has 6 heteroatoms. The average Bonchev–Trinajstić information content (AvgIpc) is 3.03. The van der Waals surface area contributed by atoms with E-state index in [9.17, 15) is 9.59 Å². The Kier molecular flexibility index (Phi) is 6.61. The number of carbonyl (C=O) groups excluding carboxylic acids is 2. The van der Waals surface area contributed by atoms with Crippen LogP contribution in [0.4, 0.5) is 4.79 Å². The van der Waals surface area contributed by atoms with Gasteiger partial charge in [-0.2, -0.15) is 0 Å². The van der Waals surface area contributed by atoms with Crippen LogP contribution in [0.25, 0.3) is 0 Å². The van der Waals surface area contributed by atoms with Crippen molar-refractivity contribution in [3.8, 4) is 0 Å². The molecule has 0 saturated heterocycles. The fraction of sp³-hybridized carbons (Fsp3) is 0.556. The molecular formula is C18H28N4O2. The largest absolute Gasteiger partial charge is 0.354 e. The van der Waals surface area contributed by atoms with E-state index >= 15 is 0 Å². The van der Waals surface area contributed by atoms with E-state index < -0.39 is 5.54 Å². The van der Waals surface area contributed by atoms with E-state index in [0.29, 0.717) is 25.9 Å². The Morgan fingerprint density at radius 2 is 1.83 bits per heavy atom. The van der Waals surface area contributed by atoms with Gasteiger partial charge in [0.1, 0.15) is 5.54 Å². The van der Waals surface area contributed by atoms with Gasteiger partial charge < -0.3 is 21.7 Å². The number of benzene rings is 1. The standard InChI is InChI=1S/C18H28N4O2/c1-14(19)9-12-20-16(23)18(10-5-6-11-18)22-17(24)21-13-15-7-3-2-4-8-15/h2-4,7-8,14H,5-6,9-13,19H2,1H3,(H,20,23)(H2,21,22,24). The third-order valence-corrected chi connectivity index (χ3v) is 4.43. The highest BCUT2D eigenvalue weighted by Gasteiger charge is 2.42. The summed E-state index contributed by atoms with van der Waals surface area (Å²) < 4.78 is 0. The van der Waals surface area contributed by atoms with Gasteiger partial charge in [0.05, 0.1) is 0 Å². The molecule has 0 aromatic heterocycles. The molecule has 132 valence electrons. The summed E-state index contributed by atoms with van der Waals surface area (Å²) in [5, 5.41) is 8.65. The maximum Gasteiger partial charge on any atom is 0.315 e. The van der Waals surface area contributed by atoms with Crippen molar-refractivity contribution in [2.45, 2.75) is 57.2 Å². The maximum atomic E-state index is 12.6. The molecule has 1 aliphatic rings. The fourth-order valence-corrected chi connectivity index (χ4v) is 3.01. The molecule has 1 aliphatic carbocycles. The van der Waals surface area contributed by atoms with E-state index in [4.69, 9.17) is 5.73 Å². The summed E-state index contributed by atoms with van der Waals surface area (Å²) in [6, 6.07) is 9.44. The van der Waals surface area contributed by atoms with Crippen molar-refractivity contribution in [2.75, 3.05) is 6.54 Å². The van der Waals surface area contributed by atoms with Crippen molar-refractivity contribution in [1.82, 2.24) is 16.0 Å². The number of amides is 3. The van der Waals surface area contributed by atoms with Crippen LogP contribution in [0, 0.1) is 0 Å². The van der Waals surface area contributed by atoms with Crippen LogP contribution in [0.3, 0.4) is 0 Å². The Bertz CT molecular complexity index is 539. The van der Waals surface area contributed by atoms with Crippen LogP contribution in [0.1, 0.15) is 44.6 Å². The van der Waals surface area contributed by atoms with E-state index in [-0.39, 0.29) is 18.0 Å². The zero-order chi connectivity index (χ0) is 17.4. The molecule has 0 radical (unpaired) electrons. The monoisotopic (exact) mass is 332 g/mol. The van der Waals surface area contributed by atoms with Gasteiger partial charge in [-0.25, -0.2) is 4.79 Å². The summed E-state index contributed by atoms with van der Waals surface area (Å²) in [6.07, 6.45) is 3.97. The van der Waals surface area contributed by atoms with Crippen molar-refractivity contribution >= 4 is 11.9 Å². The van der Waals surface area contributed by atoms with Crippen molar-refractivity contribution in [3.63, 3.8) is 0 Å². The number of hydrogen-bond acceptors (Lipinski definition) is 3. The number of urea groups is 1. The minimum Gasteiger partial charge on any atom is -0.354 e. The Morgan fingerprint density at radius 1 is 1.17 bits per heavy atom. The number of hydrogen-bond donors (Lipinski definition) is 4. The molecule has 1 aromatic rings. The molecule has 0 aliphatic heterocycles. The Hall–Kier alpha value is -2.08. The Morgan fingerprint density at radius 3 is 2.46 bits per heavy atom. The summed E-state index contributed by atoms with van der Waals surface area (Å²) >= 11 is 0. The van der Waals surface area contributed by atoms with Crippen LogP contribution >= 0.6 is 0 Å². The lowest BCUT2D eigenvalue weighted by molar-refractivity contribution is -0.127. The molecule has 3 amide bonds. The molecule has 1 fully saturated rings. The van der Waals surface area contributed by atoms with Crippen molar-refractivity contribution in [3.05, 3.63) is 35.9 Å². The predicted octanol–water partition coefficient (Wildman–Crippen LogP) is 1.65. The normalized spacial score (nSPS) is 17.1. The van der Waals surface area contributed by atoms with Crippen LogP contribution < -0.4 is 21.7 Å². The first-order valence-corrected chi connectivity index (χ1v) is 8.66. The molecule has 1 aromatic carbocycles. The number of nitrogens with two attached hydrogens (primary N) is 1. The van der Waals surface area contributed by atoms with Gasteiger partial charge in [0, 0.05) is 19.1 Å². The van der Waals surface area contributed by atoms with Crippen LogP contribution in [-0.4, -0.2) is 30.1 Å². The van der Waals surface area contributed by atoms with E-state index in [1.807, 2.05) is 37.3 Å². The molecule has 6 nitrogen and oxygen atoms in total. The van der Waals surface area contributed by atoms with Gasteiger partial charge in [0.15, 0.2) is 0 Å². The molecule has 24 heavy (non-hydrogen) atoms. The quantitative estimate of drug-likeness (QED) is 0.611. The Balaban J connectivity index is 1.87. The van der Waals surface area contributed by atoms with Gasteiger partial charge in [-0.15, -0.1) is 0 Å². The van der Waals surface area contributed by atoms with E-state index in [2.05, 4.69) is 16.0 Å². The summed E-state index contributed by atoms with van der Waals surface area (Å²) in [5.41, 5.74) is 5.94. The van der Waals surface area contributed by atoms with Gasteiger partial charge in [0.25, 0.3) is 0 Å². The Labute approximate surface area is 143 Å². The van der Waals surface area contributed by atoms with Gasteiger partial charge in [0.2, 0.25) is 5.91 Å². The van der Waals surface area contributed by atoms with Gasteiger partial charge >= 0.3 is 6.03 Å².